The zero-order valence-electron chi connectivity index (χ0n) is 8.66. The van der Waals surface area contributed by atoms with E-state index in [1.165, 1.54) is 4.88 Å². The molecule has 0 aromatic carbocycles. The van der Waals surface area contributed by atoms with Crippen molar-refractivity contribution in [2.45, 2.75) is 17.9 Å². The third kappa shape index (κ3) is 2.22. The van der Waals surface area contributed by atoms with Crippen LogP contribution in [0.4, 0.5) is 0 Å². The van der Waals surface area contributed by atoms with Crippen molar-refractivity contribution in [3.63, 3.8) is 0 Å². The molecule has 4 heteroatoms. The Labute approximate surface area is 102 Å². The third-order valence-electron chi connectivity index (χ3n) is 2.42. The first-order chi connectivity index (χ1) is 7.17. The van der Waals surface area contributed by atoms with E-state index in [1.807, 2.05) is 19.1 Å². The Morgan fingerprint density at radius 2 is 2.20 bits per heavy atom. The van der Waals surface area contributed by atoms with Crippen LogP contribution in [0.25, 0.3) is 12.2 Å². The van der Waals surface area contributed by atoms with E-state index in [1.54, 1.807) is 18.4 Å². The Morgan fingerprint density at radius 1 is 1.47 bits per heavy atom. The van der Waals surface area contributed by atoms with E-state index in [9.17, 15) is 0 Å². The number of aromatic nitrogens is 1. The minimum atomic E-state index is -0.311. The lowest BCUT2D eigenvalue weighted by Crippen LogP contribution is -2.19. The Bertz CT molecular complexity index is 391. The molecule has 0 bridgehead atoms. The van der Waals surface area contributed by atoms with Gasteiger partial charge in [-0.25, -0.2) is 4.98 Å². The zero-order chi connectivity index (χ0) is 10.9. The molecule has 80 valence electrons. The monoisotopic (exact) mass is 285 g/mol. The van der Waals surface area contributed by atoms with Gasteiger partial charge in [-0.3, -0.25) is 0 Å². The SMILES string of the molecule is COC1(C)C=Cc2nc(CBr)sc2C=C1. The molecule has 1 aromatic heterocycles. The van der Waals surface area contributed by atoms with Crippen molar-refractivity contribution in [3.8, 4) is 0 Å². The van der Waals surface area contributed by atoms with Crippen LogP contribution in [0, 0.1) is 0 Å². The van der Waals surface area contributed by atoms with Gasteiger partial charge in [0.15, 0.2) is 0 Å². The lowest BCUT2D eigenvalue weighted by molar-refractivity contribution is 0.0922. The molecule has 0 spiro atoms. The van der Waals surface area contributed by atoms with Crippen LogP contribution >= 0.6 is 27.3 Å². The highest BCUT2D eigenvalue weighted by Gasteiger charge is 2.19. The molecule has 0 N–H and O–H groups in total. The van der Waals surface area contributed by atoms with Crippen molar-refractivity contribution >= 4 is 39.4 Å². The summed E-state index contributed by atoms with van der Waals surface area (Å²) in [6.45, 7) is 2.03. The maximum Gasteiger partial charge on any atom is 0.104 e. The van der Waals surface area contributed by atoms with Gasteiger partial charge in [0.2, 0.25) is 0 Å². The topological polar surface area (TPSA) is 22.1 Å². The van der Waals surface area contributed by atoms with Crippen LogP contribution < -0.4 is 0 Å². The van der Waals surface area contributed by atoms with Gasteiger partial charge in [-0.05, 0) is 31.2 Å². The van der Waals surface area contributed by atoms with E-state index in [0.717, 1.165) is 16.0 Å². The molecule has 1 atom stereocenters. The zero-order valence-corrected chi connectivity index (χ0v) is 11.1. The van der Waals surface area contributed by atoms with Crippen LogP contribution in [-0.2, 0) is 10.1 Å². The van der Waals surface area contributed by atoms with E-state index in [2.05, 4.69) is 33.1 Å². The predicted molar refractivity (Wildman–Crippen MR) is 68.2 cm³/mol. The molecule has 0 saturated heterocycles. The second kappa shape index (κ2) is 4.20. The van der Waals surface area contributed by atoms with Crippen molar-refractivity contribution in [1.29, 1.82) is 0 Å². The summed E-state index contributed by atoms with van der Waals surface area (Å²) in [5.41, 5.74) is 0.723. The molecule has 1 aromatic rings. The fraction of sp³-hybridized carbons (Fsp3) is 0.364. The second-order valence-corrected chi connectivity index (χ2v) is 5.22. The fourth-order valence-electron chi connectivity index (χ4n) is 1.36. The van der Waals surface area contributed by atoms with Gasteiger partial charge in [0, 0.05) is 7.11 Å². The Hall–Kier alpha value is -0.450. The molecule has 2 nitrogen and oxygen atoms in total. The number of hydrogen-bond donors (Lipinski definition) is 0. The van der Waals surface area contributed by atoms with Crippen molar-refractivity contribution < 1.29 is 4.74 Å². The van der Waals surface area contributed by atoms with Crippen LogP contribution in [0.5, 0.6) is 0 Å². The first kappa shape index (κ1) is 11.0. The number of alkyl halides is 1. The summed E-state index contributed by atoms with van der Waals surface area (Å²) in [6, 6.07) is 0. The molecular formula is C11H12BrNOS. The fourth-order valence-corrected chi connectivity index (χ4v) is 2.64. The van der Waals surface area contributed by atoms with E-state index in [-0.39, 0.29) is 5.60 Å². The summed E-state index contributed by atoms with van der Waals surface area (Å²) < 4.78 is 5.41. The van der Waals surface area contributed by atoms with Crippen LogP contribution in [-0.4, -0.2) is 17.7 Å². The standard InChI is InChI=1S/C11H12BrNOS/c1-11(14-2)5-3-8-9(4-6-11)15-10(7-12)13-8/h3-6H,7H2,1-2H3. The van der Waals surface area contributed by atoms with Gasteiger partial charge >= 0.3 is 0 Å². The summed E-state index contributed by atoms with van der Waals surface area (Å²) in [7, 11) is 1.71. The van der Waals surface area contributed by atoms with E-state index < -0.39 is 0 Å². The molecule has 2 rings (SSSR count). The van der Waals surface area contributed by atoms with E-state index >= 15 is 0 Å². The molecule has 1 aliphatic carbocycles. The maximum atomic E-state index is 5.41. The van der Waals surface area contributed by atoms with Gasteiger partial charge in [-0.15, -0.1) is 11.3 Å². The number of halogens is 1. The smallest absolute Gasteiger partial charge is 0.104 e. The van der Waals surface area contributed by atoms with Crippen LogP contribution in [0.1, 0.15) is 22.5 Å². The number of hydrogen-bond acceptors (Lipinski definition) is 3. The van der Waals surface area contributed by atoms with Crippen molar-refractivity contribution in [1.82, 2.24) is 4.98 Å². The van der Waals surface area contributed by atoms with Crippen LogP contribution in [0.15, 0.2) is 12.2 Å². The highest BCUT2D eigenvalue weighted by atomic mass is 79.9. The molecule has 1 unspecified atom stereocenters. The molecule has 1 heterocycles. The number of thiazole rings is 1. The molecule has 0 fully saturated rings. The van der Waals surface area contributed by atoms with Crippen molar-refractivity contribution in [2.75, 3.05) is 7.11 Å². The molecule has 0 saturated carbocycles. The van der Waals surface area contributed by atoms with Gasteiger partial charge in [0.25, 0.3) is 0 Å². The summed E-state index contributed by atoms with van der Waals surface area (Å²) >= 11 is 5.12. The average Bonchev–Trinajstić information content (AvgIpc) is 2.60. The van der Waals surface area contributed by atoms with Gasteiger partial charge in [0.1, 0.15) is 10.6 Å². The number of ether oxygens (including phenoxy) is 1. The average molecular weight is 286 g/mol. The number of rotatable bonds is 2. The normalized spacial score (nSPS) is 23.9. The molecule has 0 radical (unpaired) electrons. The minimum Gasteiger partial charge on any atom is -0.370 e. The van der Waals surface area contributed by atoms with Gasteiger partial charge in [-0.2, -0.15) is 0 Å². The van der Waals surface area contributed by atoms with Gasteiger partial charge < -0.3 is 4.74 Å². The summed E-state index contributed by atoms with van der Waals surface area (Å²) in [6.07, 6.45) is 8.21. The van der Waals surface area contributed by atoms with Crippen molar-refractivity contribution in [3.05, 3.63) is 27.7 Å². The third-order valence-corrected chi connectivity index (χ3v) is 4.36. The lowest BCUT2D eigenvalue weighted by atomic mass is 10.1. The van der Waals surface area contributed by atoms with Gasteiger partial charge in [0.05, 0.1) is 15.9 Å². The molecule has 1 aliphatic rings. The number of methoxy groups -OCH3 is 1. The Kier molecular flexibility index (Phi) is 3.09. The molecule has 0 amide bonds. The van der Waals surface area contributed by atoms with Gasteiger partial charge in [-0.1, -0.05) is 15.9 Å². The van der Waals surface area contributed by atoms with Crippen LogP contribution in [0.3, 0.4) is 0 Å². The van der Waals surface area contributed by atoms with Crippen LogP contribution in [0.2, 0.25) is 0 Å². The highest BCUT2D eigenvalue weighted by molar-refractivity contribution is 9.08. The summed E-state index contributed by atoms with van der Waals surface area (Å²) in [5, 5.41) is 1.92. The minimum absolute atomic E-state index is 0.311. The lowest BCUT2D eigenvalue weighted by Gasteiger charge is -2.18. The molecule has 15 heavy (non-hydrogen) atoms. The first-order valence-corrected chi connectivity index (χ1v) is 6.60. The molecular weight excluding hydrogens is 274 g/mol. The number of fused-ring (bicyclic) bond motifs is 1. The van der Waals surface area contributed by atoms with Crippen molar-refractivity contribution in [2.24, 2.45) is 0 Å². The Balaban J connectivity index is 2.39. The Morgan fingerprint density at radius 3 is 2.87 bits per heavy atom. The quantitative estimate of drug-likeness (QED) is 0.776. The van der Waals surface area contributed by atoms with E-state index in [0.29, 0.717) is 0 Å². The predicted octanol–water partition coefficient (Wildman–Crippen LogP) is 3.48. The summed E-state index contributed by atoms with van der Waals surface area (Å²) in [4.78, 5) is 5.70. The number of nitrogens with zero attached hydrogens (tertiary/aromatic N) is 1. The van der Waals surface area contributed by atoms with E-state index in [4.69, 9.17) is 4.74 Å². The largest absolute Gasteiger partial charge is 0.370 e. The maximum absolute atomic E-state index is 5.41. The highest BCUT2D eigenvalue weighted by Crippen LogP contribution is 2.28. The molecule has 0 aliphatic heterocycles. The first-order valence-electron chi connectivity index (χ1n) is 4.66. The second-order valence-electron chi connectivity index (χ2n) is 3.55. The summed E-state index contributed by atoms with van der Waals surface area (Å²) in [5.74, 6) is 0.